The van der Waals surface area contributed by atoms with E-state index in [0.717, 1.165) is 60.5 Å². The van der Waals surface area contributed by atoms with Crippen molar-refractivity contribution in [2.45, 2.75) is 25.3 Å². The van der Waals surface area contributed by atoms with Crippen molar-refractivity contribution in [2.75, 3.05) is 13.7 Å². The summed E-state index contributed by atoms with van der Waals surface area (Å²) in [6.07, 6.45) is 4.07. The number of aromatic nitrogens is 2. The van der Waals surface area contributed by atoms with Gasteiger partial charge in [-0.2, -0.15) is 0 Å². The molecule has 3 aromatic rings. The molecule has 0 aliphatic carbocycles. The summed E-state index contributed by atoms with van der Waals surface area (Å²) < 4.78 is 7.44. The lowest BCUT2D eigenvalue weighted by molar-refractivity contribution is -0.121. The third kappa shape index (κ3) is 2.76. The van der Waals surface area contributed by atoms with Crippen molar-refractivity contribution in [1.29, 1.82) is 0 Å². The predicted molar refractivity (Wildman–Crippen MR) is 97.0 cm³/mol. The van der Waals surface area contributed by atoms with Crippen LogP contribution >= 0.6 is 0 Å². The van der Waals surface area contributed by atoms with Gasteiger partial charge in [0, 0.05) is 12.2 Å². The molecule has 0 spiro atoms. The molecule has 2 heterocycles. The first-order chi connectivity index (χ1) is 12.3. The highest BCUT2D eigenvalue weighted by atomic mass is 16.5. The third-order valence-corrected chi connectivity index (χ3v) is 4.90. The lowest BCUT2D eigenvalue weighted by Crippen LogP contribution is -2.33. The number of likely N-dealkylation sites (tertiary alicyclic amines) is 1. The van der Waals surface area contributed by atoms with Gasteiger partial charge in [-0.25, -0.2) is 4.98 Å². The summed E-state index contributed by atoms with van der Waals surface area (Å²) in [6.45, 7) is 0.792. The number of imidazole rings is 1. The molecule has 128 valence electrons. The Morgan fingerprint density at radius 1 is 1.12 bits per heavy atom. The van der Waals surface area contributed by atoms with Crippen molar-refractivity contribution in [3.63, 3.8) is 0 Å². The number of hydrogen-bond acceptors (Lipinski definition) is 3. The van der Waals surface area contributed by atoms with Crippen molar-refractivity contribution in [2.24, 2.45) is 0 Å². The van der Waals surface area contributed by atoms with Gasteiger partial charge in [0.15, 0.2) is 0 Å². The van der Waals surface area contributed by atoms with Crippen LogP contribution in [0.2, 0.25) is 0 Å². The highest BCUT2D eigenvalue weighted by Gasteiger charge is 2.28. The molecule has 1 fully saturated rings. The van der Waals surface area contributed by atoms with E-state index in [2.05, 4.69) is 10.6 Å². The SMILES string of the molecule is COc1ccc(-n2c(C3CCCCN3C=O)nc3ccccc32)cc1. The second kappa shape index (κ2) is 6.59. The summed E-state index contributed by atoms with van der Waals surface area (Å²) in [6, 6.07) is 16.1. The van der Waals surface area contributed by atoms with E-state index in [1.165, 1.54) is 0 Å². The number of carbonyl (C=O) groups is 1. The number of methoxy groups -OCH3 is 1. The maximum absolute atomic E-state index is 11.6. The Morgan fingerprint density at radius 3 is 2.68 bits per heavy atom. The number of ether oxygens (including phenoxy) is 1. The molecule has 25 heavy (non-hydrogen) atoms. The van der Waals surface area contributed by atoms with E-state index in [1.54, 1.807) is 7.11 Å². The van der Waals surface area contributed by atoms with Gasteiger partial charge in [0.05, 0.1) is 24.2 Å². The van der Waals surface area contributed by atoms with E-state index in [-0.39, 0.29) is 6.04 Å². The zero-order chi connectivity index (χ0) is 17.2. The minimum atomic E-state index is 0.0146. The minimum absolute atomic E-state index is 0.0146. The predicted octanol–water partition coefficient (Wildman–Crippen LogP) is 3.72. The van der Waals surface area contributed by atoms with Gasteiger partial charge in [-0.3, -0.25) is 9.36 Å². The quantitative estimate of drug-likeness (QED) is 0.683. The average Bonchev–Trinajstić information content (AvgIpc) is 3.07. The topological polar surface area (TPSA) is 47.4 Å². The minimum Gasteiger partial charge on any atom is -0.497 e. The van der Waals surface area contributed by atoms with Crippen LogP contribution in [-0.4, -0.2) is 34.5 Å². The summed E-state index contributed by atoms with van der Waals surface area (Å²) in [5.41, 5.74) is 3.03. The molecule has 4 rings (SSSR count). The molecule has 0 radical (unpaired) electrons. The fraction of sp³-hybridized carbons (Fsp3) is 0.300. The van der Waals surface area contributed by atoms with Crippen LogP contribution in [0.15, 0.2) is 48.5 Å². The van der Waals surface area contributed by atoms with Gasteiger partial charge < -0.3 is 9.64 Å². The summed E-state index contributed by atoms with van der Waals surface area (Å²) in [5.74, 6) is 1.75. The van der Waals surface area contributed by atoms with Gasteiger partial charge in [0.1, 0.15) is 11.6 Å². The third-order valence-electron chi connectivity index (χ3n) is 4.90. The second-order valence-corrected chi connectivity index (χ2v) is 6.35. The molecule has 1 aliphatic heterocycles. The van der Waals surface area contributed by atoms with Crippen LogP contribution in [0, 0.1) is 0 Å². The van der Waals surface area contributed by atoms with E-state index < -0.39 is 0 Å². The number of para-hydroxylation sites is 2. The molecular formula is C20H21N3O2. The largest absolute Gasteiger partial charge is 0.497 e. The van der Waals surface area contributed by atoms with Crippen molar-refractivity contribution in [3.05, 3.63) is 54.4 Å². The molecule has 1 unspecified atom stereocenters. The monoisotopic (exact) mass is 335 g/mol. The fourth-order valence-corrected chi connectivity index (χ4v) is 3.63. The molecule has 0 N–H and O–H groups in total. The first-order valence-corrected chi connectivity index (χ1v) is 8.64. The van der Waals surface area contributed by atoms with Gasteiger partial charge in [0.2, 0.25) is 6.41 Å². The van der Waals surface area contributed by atoms with E-state index in [0.29, 0.717) is 0 Å². The lowest BCUT2D eigenvalue weighted by Gasteiger charge is -2.32. The van der Waals surface area contributed by atoms with Gasteiger partial charge in [-0.15, -0.1) is 0 Å². The number of nitrogens with zero attached hydrogens (tertiary/aromatic N) is 3. The van der Waals surface area contributed by atoms with Crippen LogP contribution in [0.25, 0.3) is 16.7 Å². The van der Waals surface area contributed by atoms with Gasteiger partial charge >= 0.3 is 0 Å². The highest BCUT2D eigenvalue weighted by molar-refractivity contribution is 5.78. The Balaban J connectivity index is 1.89. The highest BCUT2D eigenvalue weighted by Crippen LogP contribution is 2.33. The molecule has 5 nitrogen and oxygen atoms in total. The normalized spacial score (nSPS) is 17.6. The lowest BCUT2D eigenvalue weighted by atomic mass is 10.0. The number of piperidine rings is 1. The van der Waals surface area contributed by atoms with Gasteiger partial charge in [0.25, 0.3) is 0 Å². The smallest absolute Gasteiger partial charge is 0.210 e. The maximum atomic E-state index is 11.6. The second-order valence-electron chi connectivity index (χ2n) is 6.35. The Kier molecular flexibility index (Phi) is 4.14. The van der Waals surface area contributed by atoms with Crippen LogP contribution < -0.4 is 4.74 Å². The van der Waals surface area contributed by atoms with E-state index >= 15 is 0 Å². The number of benzene rings is 2. The molecule has 5 heteroatoms. The number of amides is 1. The number of fused-ring (bicyclic) bond motifs is 1. The molecule has 1 atom stereocenters. The van der Waals surface area contributed by atoms with E-state index in [4.69, 9.17) is 9.72 Å². The maximum Gasteiger partial charge on any atom is 0.210 e. The zero-order valence-corrected chi connectivity index (χ0v) is 14.3. The summed E-state index contributed by atoms with van der Waals surface area (Å²) in [7, 11) is 1.66. The zero-order valence-electron chi connectivity index (χ0n) is 14.3. The molecule has 1 aliphatic rings. The Morgan fingerprint density at radius 2 is 1.92 bits per heavy atom. The molecule has 0 bridgehead atoms. The molecule has 2 aromatic carbocycles. The first-order valence-electron chi connectivity index (χ1n) is 8.64. The summed E-state index contributed by atoms with van der Waals surface area (Å²) in [4.78, 5) is 18.3. The summed E-state index contributed by atoms with van der Waals surface area (Å²) >= 11 is 0. The molecule has 1 saturated heterocycles. The van der Waals surface area contributed by atoms with Gasteiger partial charge in [-0.1, -0.05) is 12.1 Å². The van der Waals surface area contributed by atoms with Crippen molar-refractivity contribution < 1.29 is 9.53 Å². The molecule has 0 saturated carbocycles. The van der Waals surface area contributed by atoms with Crippen LogP contribution in [0.4, 0.5) is 0 Å². The molecule has 1 aromatic heterocycles. The Bertz CT molecular complexity index is 886. The molecule has 1 amide bonds. The standard InChI is InChI=1S/C20H21N3O2/c1-25-16-11-9-15(10-12-16)23-18-7-3-2-6-17(18)21-20(23)19-8-4-5-13-22(19)14-24/h2-3,6-7,9-12,14,19H,4-5,8,13H2,1H3. The van der Waals surface area contributed by atoms with E-state index in [1.807, 2.05) is 47.4 Å². The number of hydrogen-bond donors (Lipinski definition) is 0. The summed E-state index contributed by atoms with van der Waals surface area (Å²) in [5, 5.41) is 0. The van der Waals surface area contributed by atoms with Crippen molar-refractivity contribution in [1.82, 2.24) is 14.5 Å². The molecular weight excluding hydrogens is 314 g/mol. The average molecular weight is 335 g/mol. The van der Waals surface area contributed by atoms with Gasteiger partial charge in [-0.05, 0) is 55.7 Å². The Hall–Kier alpha value is -2.82. The van der Waals surface area contributed by atoms with Crippen LogP contribution in [-0.2, 0) is 4.79 Å². The van der Waals surface area contributed by atoms with Crippen molar-refractivity contribution in [3.8, 4) is 11.4 Å². The first kappa shape index (κ1) is 15.7. The van der Waals surface area contributed by atoms with E-state index in [9.17, 15) is 4.79 Å². The number of rotatable bonds is 4. The van der Waals surface area contributed by atoms with Crippen LogP contribution in [0.5, 0.6) is 5.75 Å². The fourth-order valence-electron chi connectivity index (χ4n) is 3.63. The van der Waals surface area contributed by atoms with Crippen LogP contribution in [0.3, 0.4) is 0 Å². The Labute approximate surface area is 146 Å². The number of carbonyl (C=O) groups excluding carboxylic acids is 1. The van der Waals surface area contributed by atoms with Crippen LogP contribution in [0.1, 0.15) is 31.1 Å². The van der Waals surface area contributed by atoms with Crippen molar-refractivity contribution >= 4 is 17.4 Å².